The monoisotopic (exact) mass is 833 g/mol. The van der Waals surface area contributed by atoms with Crippen LogP contribution in [0.2, 0.25) is 0 Å². The summed E-state index contributed by atoms with van der Waals surface area (Å²) in [4.78, 5) is 26.2. The zero-order valence-corrected chi connectivity index (χ0v) is 38.1. The summed E-state index contributed by atoms with van der Waals surface area (Å²) >= 11 is 0. The SMILES string of the molecule is COc1ccc(CO[C@@H]2[C@H]3OC(C)(C)O[C@H]3[C@@H](COCCC(C(=O)OC(C)(C)C)C(=O)OC(C)(C)C)O[C@@H]2CCCC=CCCCCCCCCCCCCCO)cc1. The van der Waals surface area contributed by atoms with E-state index in [-0.39, 0.29) is 37.9 Å². The maximum atomic E-state index is 13.1. The second-order valence-corrected chi connectivity index (χ2v) is 18.7. The maximum absolute atomic E-state index is 13.1. The molecular weight excluding hydrogens is 753 g/mol. The third-order valence-electron chi connectivity index (χ3n) is 10.4. The van der Waals surface area contributed by atoms with Crippen molar-refractivity contribution in [3.63, 3.8) is 0 Å². The molecule has 59 heavy (non-hydrogen) atoms. The minimum absolute atomic E-state index is 0.101. The van der Waals surface area contributed by atoms with E-state index in [0.29, 0.717) is 13.2 Å². The summed E-state index contributed by atoms with van der Waals surface area (Å²) in [6.45, 7) is 15.4. The van der Waals surface area contributed by atoms with E-state index in [9.17, 15) is 9.59 Å². The molecule has 2 aliphatic rings. The first-order valence-electron chi connectivity index (χ1n) is 22.6. The van der Waals surface area contributed by atoms with E-state index in [1.54, 1.807) is 48.7 Å². The van der Waals surface area contributed by atoms with E-state index in [1.807, 2.05) is 38.1 Å². The second-order valence-electron chi connectivity index (χ2n) is 18.7. The lowest BCUT2D eigenvalue weighted by Crippen LogP contribution is -2.58. The summed E-state index contributed by atoms with van der Waals surface area (Å²) < 4.78 is 49.1. The first-order chi connectivity index (χ1) is 28.0. The Morgan fingerprint density at radius 3 is 1.81 bits per heavy atom. The van der Waals surface area contributed by atoms with Crippen LogP contribution < -0.4 is 4.74 Å². The molecule has 1 aromatic rings. The highest BCUT2D eigenvalue weighted by molar-refractivity contribution is 5.95. The van der Waals surface area contributed by atoms with Gasteiger partial charge in [0, 0.05) is 13.2 Å². The van der Waals surface area contributed by atoms with Crippen LogP contribution in [0.3, 0.4) is 0 Å². The molecule has 11 heteroatoms. The Hall–Kier alpha value is -2.54. The van der Waals surface area contributed by atoms with Crippen LogP contribution in [0.5, 0.6) is 5.75 Å². The molecule has 0 aromatic heterocycles. The quantitative estimate of drug-likeness (QED) is 0.0375. The van der Waals surface area contributed by atoms with Gasteiger partial charge < -0.3 is 43.0 Å². The Morgan fingerprint density at radius 1 is 0.746 bits per heavy atom. The van der Waals surface area contributed by atoms with Crippen LogP contribution in [0.4, 0.5) is 0 Å². The maximum Gasteiger partial charge on any atom is 0.320 e. The van der Waals surface area contributed by atoms with Gasteiger partial charge in [0.25, 0.3) is 0 Å². The van der Waals surface area contributed by atoms with Gasteiger partial charge in [0.1, 0.15) is 41.4 Å². The van der Waals surface area contributed by atoms with Crippen molar-refractivity contribution in [3.05, 3.63) is 42.0 Å². The topological polar surface area (TPSA) is 128 Å². The zero-order chi connectivity index (χ0) is 43.3. The lowest BCUT2D eigenvalue weighted by Gasteiger charge is -2.42. The van der Waals surface area contributed by atoms with Gasteiger partial charge in [-0.05, 0) is 118 Å². The van der Waals surface area contributed by atoms with Gasteiger partial charge in [-0.3, -0.25) is 9.59 Å². The Morgan fingerprint density at radius 2 is 1.27 bits per heavy atom. The van der Waals surface area contributed by atoms with Crippen molar-refractivity contribution < 1.29 is 52.6 Å². The van der Waals surface area contributed by atoms with Gasteiger partial charge in [-0.15, -0.1) is 0 Å². The molecule has 2 aliphatic heterocycles. The van der Waals surface area contributed by atoms with Crippen molar-refractivity contribution in [2.45, 2.75) is 212 Å². The van der Waals surface area contributed by atoms with Gasteiger partial charge >= 0.3 is 11.9 Å². The number of hydrogen-bond donors (Lipinski definition) is 1. The Labute approximate surface area is 356 Å². The number of hydrogen-bond acceptors (Lipinski definition) is 11. The van der Waals surface area contributed by atoms with Crippen LogP contribution in [-0.2, 0) is 49.4 Å². The molecule has 0 spiro atoms. The highest BCUT2D eigenvalue weighted by atomic mass is 16.8. The first kappa shape index (κ1) is 50.8. The number of ether oxygens (including phenoxy) is 8. The van der Waals surface area contributed by atoms with Crippen LogP contribution >= 0.6 is 0 Å². The first-order valence-corrected chi connectivity index (χ1v) is 22.6. The molecule has 2 fully saturated rings. The van der Waals surface area contributed by atoms with Crippen molar-refractivity contribution in [2.24, 2.45) is 5.92 Å². The number of esters is 2. The van der Waals surface area contributed by atoms with Gasteiger partial charge in [-0.25, -0.2) is 0 Å². The third kappa shape index (κ3) is 20.3. The van der Waals surface area contributed by atoms with Crippen molar-refractivity contribution in [1.82, 2.24) is 0 Å². The van der Waals surface area contributed by atoms with Gasteiger partial charge in [0.15, 0.2) is 11.7 Å². The second kappa shape index (κ2) is 26.1. The van der Waals surface area contributed by atoms with Crippen LogP contribution in [-0.4, -0.2) is 91.5 Å². The molecule has 5 atom stereocenters. The van der Waals surface area contributed by atoms with Crippen molar-refractivity contribution in [3.8, 4) is 5.75 Å². The molecule has 338 valence electrons. The Balaban J connectivity index is 1.57. The number of benzene rings is 1. The Bertz CT molecular complexity index is 1320. The molecule has 1 N–H and O–H groups in total. The number of unbranched alkanes of at least 4 members (excludes halogenated alkanes) is 12. The molecule has 0 saturated carbocycles. The lowest BCUT2D eigenvalue weighted by molar-refractivity contribution is -0.219. The van der Waals surface area contributed by atoms with Gasteiger partial charge in [0.2, 0.25) is 0 Å². The van der Waals surface area contributed by atoms with Gasteiger partial charge in [0.05, 0.1) is 26.4 Å². The summed E-state index contributed by atoms with van der Waals surface area (Å²) in [5, 5.41) is 8.90. The molecule has 0 radical (unpaired) electrons. The normalized spacial score (nSPS) is 21.8. The standard InChI is InChI=1S/C48H80O11/c1-46(2,3)58-44(50)38(45(51)59-47(4,5)6)31-33-53-35-40-42-43(57-48(7,8)56-42)41(54-34-36-27-29-37(52-9)30-28-36)39(55-40)26-24-22-20-18-16-14-12-10-11-13-15-17-19-21-23-25-32-49/h18,20,27-30,38-43,49H,10-17,19,21-26,31-35H2,1-9H3/t39-,40-,41+,42+,43-/m1/s1. The third-order valence-corrected chi connectivity index (χ3v) is 10.4. The average molecular weight is 833 g/mol. The average Bonchev–Trinajstić information content (AvgIpc) is 3.49. The molecule has 1 aromatic carbocycles. The number of aliphatic hydroxyl groups is 1. The summed E-state index contributed by atoms with van der Waals surface area (Å²) in [7, 11) is 1.65. The minimum atomic E-state index is -1.12. The molecule has 0 aliphatic carbocycles. The summed E-state index contributed by atoms with van der Waals surface area (Å²) in [5.41, 5.74) is -0.495. The summed E-state index contributed by atoms with van der Waals surface area (Å²) in [5.74, 6) is -2.45. The smallest absolute Gasteiger partial charge is 0.320 e. The number of carbonyl (C=O) groups is 2. The lowest BCUT2D eigenvalue weighted by atomic mass is 9.92. The number of rotatable bonds is 28. The number of aliphatic hydroxyl groups excluding tert-OH is 1. The predicted molar refractivity (Wildman–Crippen MR) is 230 cm³/mol. The number of methoxy groups -OCH3 is 1. The van der Waals surface area contributed by atoms with Crippen LogP contribution in [0, 0.1) is 5.92 Å². The predicted octanol–water partition coefficient (Wildman–Crippen LogP) is 9.97. The van der Waals surface area contributed by atoms with E-state index >= 15 is 0 Å². The largest absolute Gasteiger partial charge is 0.497 e. The molecule has 0 bridgehead atoms. The van der Waals surface area contributed by atoms with Crippen LogP contribution in [0.15, 0.2) is 36.4 Å². The van der Waals surface area contributed by atoms with Crippen LogP contribution in [0.1, 0.15) is 164 Å². The molecule has 0 amide bonds. The molecule has 3 rings (SSSR count). The zero-order valence-electron chi connectivity index (χ0n) is 38.1. The van der Waals surface area contributed by atoms with Crippen LogP contribution in [0.25, 0.3) is 0 Å². The van der Waals surface area contributed by atoms with E-state index in [0.717, 1.165) is 49.8 Å². The fourth-order valence-corrected chi connectivity index (χ4v) is 7.55. The van der Waals surface area contributed by atoms with Gasteiger partial charge in [-0.2, -0.15) is 0 Å². The number of carbonyl (C=O) groups excluding carboxylic acids is 2. The molecular formula is C48H80O11. The summed E-state index contributed by atoms with van der Waals surface area (Å²) in [6.07, 6.45) is 20.2. The number of allylic oxidation sites excluding steroid dienone is 2. The van der Waals surface area contributed by atoms with Gasteiger partial charge in [-0.1, -0.05) is 82.1 Å². The van der Waals surface area contributed by atoms with E-state index in [4.69, 9.17) is 43.0 Å². The fraction of sp³-hybridized carbons (Fsp3) is 0.792. The van der Waals surface area contributed by atoms with Crippen molar-refractivity contribution in [2.75, 3.05) is 26.9 Å². The fourth-order valence-electron chi connectivity index (χ4n) is 7.55. The van der Waals surface area contributed by atoms with Crippen molar-refractivity contribution >= 4 is 11.9 Å². The molecule has 2 heterocycles. The summed E-state index contributed by atoms with van der Waals surface area (Å²) in [6, 6.07) is 7.85. The van der Waals surface area contributed by atoms with E-state index < -0.39 is 47.1 Å². The number of fused-ring (bicyclic) bond motifs is 1. The van der Waals surface area contributed by atoms with E-state index in [1.165, 1.54) is 57.8 Å². The Kier molecular flexibility index (Phi) is 22.4. The minimum Gasteiger partial charge on any atom is -0.497 e. The molecule has 2 saturated heterocycles. The highest BCUT2D eigenvalue weighted by Crippen LogP contribution is 2.40. The highest BCUT2D eigenvalue weighted by Gasteiger charge is 2.55. The molecule has 0 unspecified atom stereocenters. The van der Waals surface area contributed by atoms with E-state index in [2.05, 4.69) is 12.2 Å². The van der Waals surface area contributed by atoms with Crippen molar-refractivity contribution in [1.29, 1.82) is 0 Å². The molecule has 11 nitrogen and oxygen atoms in total.